The van der Waals surface area contributed by atoms with Crippen molar-refractivity contribution in [1.82, 2.24) is 0 Å². The van der Waals surface area contributed by atoms with Crippen LogP contribution in [-0.4, -0.2) is 0 Å². The summed E-state index contributed by atoms with van der Waals surface area (Å²) < 4.78 is 13.8. The fourth-order valence-corrected chi connectivity index (χ4v) is 14.5. The first kappa shape index (κ1) is 46.9. The van der Waals surface area contributed by atoms with Gasteiger partial charge in [0.15, 0.2) is 0 Å². The van der Waals surface area contributed by atoms with Gasteiger partial charge in [0.05, 0.1) is 0 Å². The van der Waals surface area contributed by atoms with Gasteiger partial charge in [0.25, 0.3) is 0 Å². The topological polar surface area (TPSA) is 26.3 Å². The molecule has 0 N–H and O–H groups in total. The van der Waals surface area contributed by atoms with E-state index in [0.29, 0.717) is 5.92 Å². The van der Waals surface area contributed by atoms with Crippen molar-refractivity contribution in [3.8, 4) is 66.8 Å². The highest BCUT2D eigenvalue weighted by Crippen LogP contribution is 2.51. The average Bonchev–Trinajstić information content (AvgIpc) is 1.50. The Balaban J connectivity index is 0.819. The average molecular weight is 1070 g/mol. The summed E-state index contributed by atoms with van der Waals surface area (Å²) in [4.78, 5) is 0. The minimum Gasteiger partial charge on any atom is -0.456 e. The predicted octanol–water partition coefficient (Wildman–Crippen LogP) is 22.9. The second-order valence-corrected chi connectivity index (χ2v) is 22.9. The third kappa shape index (κ3) is 7.17. The van der Waals surface area contributed by atoms with E-state index < -0.39 is 0 Å². The zero-order valence-corrected chi connectivity index (χ0v) is 45.7. The van der Waals surface area contributed by atoms with Crippen LogP contribution >= 0.6 is 0 Å². The lowest BCUT2D eigenvalue weighted by atomic mass is 9.80. The first-order valence-corrected chi connectivity index (χ1v) is 29.2. The lowest BCUT2D eigenvalue weighted by Gasteiger charge is -2.22. The van der Waals surface area contributed by atoms with Crippen molar-refractivity contribution >= 4 is 104 Å². The van der Waals surface area contributed by atoms with Crippen LogP contribution < -0.4 is 0 Å². The summed E-state index contributed by atoms with van der Waals surface area (Å²) in [6.07, 6.45) is 12.0. The van der Waals surface area contributed by atoms with Crippen molar-refractivity contribution in [2.45, 2.75) is 6.42 Å². The molecule has 0 radical (unpaired) electrons. The number of furan rings is 2. The van der Waals surface area contributed by atoms with Gasteiger partial charge in [-0.15, -0.1) is 0 Å². The summed E-state index contributed by atoms with van der Waals surface area (Å²) >= 11 is 0. The molecule has 0 amide bonds. The highest BCUT2D eigenvalue weighted by atomic mass is 16.3. The van der Waals surface area contributed by atoms with Crippen LogP contribution in [0.25, 0.3) is 170 Å². The third-order valence-corrected chi connectivity index (χ3v) is 18.3. The fraction of sp³-hybridized carbons (Fsp3) is 0.0244. The van der Waals surface area contributed by atoms with Gasteiger partial charge in [-0.3, -0.25) is 0 Å². The summed E-state index contributed by atoms with van der Waals surface area (Å²) in [6.45, 7) is 0. The highest BCUT2D eigenvalue weighted by molar-refractivity contribution is 6.27. The van der Waals surface area contributed by atoms with Crippen LogP contribution in [0, 0.1) is 5.92 Å². The summed E-state index contributed by atoms with van der Waals surface area (Å²) in [6, 6.07) is 94.2. The molecular formula is C82H50O2. The molecule has 1 unspecified atom stereocenters. The molecule has 16 aromatic rings. The largest absolute Gasteiger partial charge is 0.456 e. The molecule has 0 saturated heterocycles. The van der Waals surface area contributed by atoms with E-state index >= 15 is 0 Å². The molecule has 390 valence electrons. The number of allylic oxidation sites excluding steroid dienone is 5. The van der Waals surface area contributed by atoms with Crippen LogP contribution in [0.2, 0.25) is 0 Å². The first-order chi connectivity index (χ1) is 41.6. The van der Waals surface area contributed by atoms with Crippen LogP contribution in [-0.2, 0) is 6.42 Å². The van der Waals surface area contributed by atoms with E-state index in [4.69, 9.17) is 8.83 Å². The van der Waals surface area contributed by atoms with E-state index in [9.17, 15) is 0 Å². The molecule has 1 atom stereocenters. The standard InChI is InChI=1S/C82H50O2/c1-2-17-49(18-3-1)52-23-14-24-58(41-52)77-61-25-8-11-28-64(61)79(65-29-12-9-26-62(65)77)68-31-15-33-73-81(68)72-46-57-37-36-55(43-60(57)48-76(72)84-73)56-39-40-67-70(44-56)80(66-30-13-10-27-63(66)78(67)59-38-35-50-19-4-5-20-51(50)42-59)69-32-16-34-74-82(69)71-45-53-21-6-7-22-54(53)47-75(71)83-74/h1-44,46-48,53H,45H2. The molecular weight excluding hydrogens is 1020 g/mol. The van der Waals surface area contributed by atoms with E-state index in [2.05, 4.69) is 285 Å². The number of benzene rings is 14. The minimum absolute atomic E-state index is 0.316. The van der Waals surface area contributed by atoms with Crippen LogP contribution in [0.1, 0.15) is 11.3 Å². The van der Waals surface area contributed by atoms with Crippen LogP contribution in [0.5, 0.6) is 0 Å². The summed E-state index contributed by atoms with van der Waals surface area (Å²) in [5.41, 5.74) is 19.7. The Morgan fingerprint density at radius 1 is 0.298 bits per heavy atom. The van der Waals surface area contributed by atoms with Gasteiger partial charge < -0.3 is 8.83 Å². The molecule has 84 heavy (non-hydrogen) atoms. The van der Waals surface area contributed by atoms with Gasteiger partial charge in [0, 0.05) is 27.6 Å². The summed E-state index contributed by atoms with van der Waals surface area (Å²) in [5.74, 6) is 1.28. The molecule has 0 bridgehead atoms. The van der Waals surface area contributed by atoms with Gasteiger partial charge in [0.2, 0.25) is 0 Å². The van der Waals surface area contributed by atoms with Crippen molar-refractivity contribution < 1.29 is 8.83 Å². The second-order valence-electron chi connectivity index (χ2n) is 22.9. The Morgan fingerprint density at radius 3 is 1.57 bits per heavy atom. The fourth-order valence-electron chi connectivity index (χ4n) is 14.5. The number of rotatable bonds is 6. The van der Waals surface area contributed by atoms with Crippen LogP contribution in [0.4, 0.5) is 0 Å². The van der Waals surface area contributed by atoms with Crippen molar-refractivity contribution in [2.24, 2.45) is 5.92 Å². The van der Waals surface area contributed by atoms with E-state index in [1.54, 1.807) is 0 Å². The van der Waals surface area contributed by atoms with Crippen molar-refractivity contribution in [3.05, 3.63) is 296 Å². The Kier molecular flexibility index (Phi) is 10.2. The van der Waals surface area contributed by atoms with Gasteiger partial charge in [-0.25, -0.2) is 0 Å². The van der Waals surface area contributed by atoms with Gasteiger partial charge in [0.1, 0.15) is 22.5 Å². The Bertz CT molecular complexity index is 5530. The molecule has 2 aliphatic rings. The Morgan fingerprint density at radius 2 is 0.821 bits per heavy atom. The maximum absolute atomic E-state index is 6.96. The van der Waals surface area contributed by atoms with Crippen molar-refractivity contribution in [3.63, 3.8) is 0 Å². The van der Waals surface area contributed by atoms with E-state index in [-0.39, 0.29) is 0 Å². The zero-order chi connectivity index (χ0) is 55.0. The molecule has 0 aliphatic heterocycles. The van der Waals surface area contributed by atoms with Gasteiger partial charge in [-0.05, 0) is 198 Å². The Hall–Kier alpha value is -10.8. The molecule has 2 heterocycles. The van der Waals surface area contributed by atoms with Crippen molar-refractivity contribution in [1.29, 1.82) is 0 Å². The molecule has 0 fully saturated rings. The van der Waals surface area contributed by atoms with E-state index in [1.807, 2.05) is 0 Å². The van der Waals surface area contributed by atoms with Gasteiger partial charge in [-0.2, -0.15) is 0 Å². The summed E-state index contributed by atoms with van der Waals surface area (Å²) in [5, 5.41) is 17.9. The van der Waals surface area contributed by atoms with Gasteiger partial charge >= 0.3 is 0 Å². The molecule has 0 saturated carbocycles. The lowest BCUT2D eigenvalue weighted by molar-refractivity contribution is 0.586. The van der Waals surface area contributed by atoms with Crippen LogP contribution in [0.3, 0.4) is 0 Å². The SMILES string of the molecule is C1=CC2=Cc3oc4cccc(-c5c6ccccc6c(-c6ccc7ccccc7c6)c6ccc(-c7ccc8cc9c(cc8c7)oc7cccc(-c8c%10ccccc%10c(-c%10cccc(-c%11ccccc%11)c%10)c%10ccccc8%10)c79)cc56)c4c3CC2C=C1. The predicted molar refractivity (Wildman–Crippen MR) is 355 cm³/mol. The molecule has 2 aromatic heterocycles. The normalized spacial score (nSPS) is 14.0. The second kappa shape index (κ2) is 18.4. The summed E-state index contributed by atoms with van der Waals surface area (Å²) in [7, 11) is 0. The number of hydrogen-bond acceptors (Lipinski definition) is 2. The minimum atomic E-state index is 0.316. The highest BCUT2D eigenvalue weighted by Gasteiger charge is 2.28. The first-order valence-electron chi connectivity index (χ1n) is 29.2. The smallest absolute Gasteiger partial charge is 0.136 e. The Labute approximate surface area is 484 Å². The molecule has 14 aromatic carbocycles. The lowest BCUT2D eigenvalue weighted by Crippen LogP contribution is -2.10. The van der Waals surface area contributed by atoms with Crippen molar-refractivity contribution in [2.75, 3.05) is 0 Å². The monoisotopic (exact) mass is 1070 g/mol. The number of hydrogen-bond donors (Lipinski definition) is 0. The maximum atomic E-state index is 6.96. The van der Waals surface area contributed by atoms with E-state index in [0.717, 1.165) is 67.2 Å². The zero-order valence-electron chi connectivity index (χ0n) is 45.7. The van der Waals surface area contributed by atoms with Crippen LogP contribution in [0.15, 0.2) is 293 Å². The molecule has 18 rings (SSSR count). The maximum Gasteiger partial charge on any atom is 0.136 e. The molecule has 2 heteroatoms. The quantitative estimate of drug-likeness (QED) is 0.155. The third-order valence-electron chi connectivity index (χ3n) is 18.3. The molecule has 2 nitrogen and oxygen atoms in total. The molecule has 2 aliphatic carbocycles. The van der Waals surface area contributed by atoms with Gasteiger partial charge in [-0.1, -0.05) is 231 Å². The van der Waals surface area contributed by atoms with E-state index in [1.165, 1.54) is 120 Å². The molecule has 0 spiro atoms. The number of fused-ring (bicyclic) bond motifs is 13.